The van der Waals surface area contributed by atoms with Gasteiger partial charge >= 0.3 is 0 Å². The highest BCUT2D eigenvalue weighted by Gasteiger charge is 2.42. The maximum atomic E-state index is 14.3. The summed E-state index contributed by atoms with van der Waals surface area (Å²) in [6.45, 7) is 3.04. The lowest BCUT2D eigenvalue weighted by atomic mass is 9.71. The summed E-state index contributed by atoms with van der Waals surface area (Å²) < 4.78 is 19.5. The van der Waals surface area contributed by atoms with E-state index in [4.69, 9.17) is 4.74 Å². The molecule has 1 atom stereocenters. The number of carbonyl (C=O) groups excluding carboxylic acids is 1. The largest absolute Gasteiger partial charge is 0.497 e. The van der Waals surface area contributed by atoms with Gasteiger partial charge in [0.05, 0.1) is 25.0 Å². The smallest absolute Gasteiger partial charge is 0.257 e. The van der Waals surface area contributed by atoms with Crippen molar-refractivity contribution in [3.63, 3.8) is 0 Å². The van der Waals surface area contributed by atoms with Gasteiger partial charge in [0.15, 0.2) is 0 Å². The molecule has 3 heterocycles. The van der Waals surface area contributed by atoms with Crippen molar-refractivity contribution in [3.05, 3.63) is 47.5 Å². The second-order valence-electron chi connectivity index (χ2n) is 8.26. The predicted octanol–water partition coefficient (Wildman–Crippen LogP) is 2.05. The average molecular weight is 402 g/mol. The molecule has 2 N–H and O–H groups in total. The Labute approximate surface area is 169 Å². The van der Waals surface area contributed by atoms with E-state index in [1.807, 2.05) is 4.90 Å². The second-order valence-corrected chi connectivity index (χ2v) is 8.26. The summed E-state index contributed by atoms with van der Waals surface area (Å²) in [4.78, 5) is 16.5. The molecule has 2 aliphatic heterocycles. The number of nitrogens with one attached hydrogen (secondary N) is 1. The zero-order valence-corrected chi connectivity index (χ0v) is 16.6. The highest BCUT2D eigenvalue weighted by molar-refractivity contribution is 5.93. The number of carbonyl (C=O) groups is 1. The fourth-order valence-electron chi connectivity index (χ4n) is 4.72. The maximum Gasteiger partial charge on any atom is 0.257 e. The van der Waals surface area contributed by atoms with Gasteiger partial charge in [-0.05, 0) is 42.9 Å². The molecule has 1 aromatic carbocycles. The number of hydrogen-bond donors (Lipinski definition) is 2. The molecule has 0 radical (unpaired) electrons. The van der Waals surface area contributed by atoms with E-state index in [2.05, 4.69) is 15.1 Å². The van der Waals surface area contributed by atoms with Crippen molar-refractivity contribution >= 4 is 5.91 Å². The van der Waals surface area contributed by atoms with Crippen LogP contribution in [0.4, 0.5) is 4.39 Å². The summed E-state index contributed by atoms with van der Waals surface area (Å²) in [6, 6.07) is 4.75. The van der Waals surface area contributed by atoms with Crippen LogP contribution in [-0.4, -0.2) is 70.4 Å². The van der Waals surface area contributed by atoms with E-state index in [0.29, 0.717) is 43.1 Å². The molecule has 4 rings (SSSR count). The van der Waals surface area contributed by atoms with Crippen molar-refractivity contribution in [2.45, 2.75) is 31.9 Å². The van der Waals surface area contributed by atoms with Crippen LogP contribution in [0, 0.1) is 11.2 Å². The van der Waals surface area contributed by atoms with Gasteiger partial charge in [-0.25, -0.2) is 4.39 Å². The summed E-state index contributed by atoms with van der Waals surface area (Å²) >= 11 is 0. The first kappa shape index (κ1) is 19.8. The molecule has 2 fully saturated rings. The molecule has 0 aliphatic carbocycles. The number of rotatable bonds is 4. The van der Waals surface area contributed by atoms with E-state index in [0.717, 1.165) is 25.8 Å². The Kier molecular flexibility index (Phi) is 5.56. The predicted molar refractivity (Wildman–Crippen MR) is 105 cm³/mol. The number of amides is 1. The number of halogens is 1. The third-order valence-corrected chi connectivity index (χ3v) is 6.20. The molecule has 2 saturated heterocycles. The van der Waals surface area contributed by atoms with E-state index in [9.17, 15) is 14.3 Å². The molecule has 1 spiro atoms. The minimum Gasteiger partial charge on any atom is -0.497 e. The van der Waals surface area contributed by atoms with Gasteiger partial charge in [0.1, 0.15) is 11.6 Å². The SMILES string of the molecule is COc1ccc(F)c(CN2CC(O)CC3(CCN(C(=O)c4cn[nH]c4)CC3)C2)c1. The molecule has 7 nitrogen and oxygen atoms in total. The minimum atomic E-state index is -0.450. The van der Waals surface area contributed by atoms with Crippen molar-refractivity contribution in [2.24, 2.45) is 5.41 Å². The first-order valence-corrected chi connectivity index (χ1v) is 9.99. The van der Waals surface area contributed by atoms with Crippen molar-refractivity contribution in [1.82, 2.24) is 20.0 Å². The van der Waals surface area contributed by atoms with Crippen LogP contribution in [0.5, 0.6) is 5.75 Å². The lowest BCUT2D eigenvalue weighted by molar-refractivity contribution is -0.0406. The van der Waals surface area contributed by atoms with Crippen LogP contribution in [0.1, 0.15) is 35.2 Å². The lowest BCUT2D eigenvalue weighted by Crippen LogP contribution is -2.54. The van der Waals surface area contributed by atoms with Crippen molar-refractivity contribution in [1.29, 1.82) is 0 Å². The van der Waals surface area contributed by atoms with E-state index >= 15 is 0 Å². The van der Waals surface area contributed by atoms with Crippen LogP contribution >= 0.6 is 0 Å². The Morgan fingerprint density at radius 3 is 2.90 bits per heavy atom. The Balaban J connectivity index is 1.42. The zero-order chi connectivity index (χ0) is 20.4. The third kappa shape index (κ3) is 4.28. The molecule has 2 aliphatic rings. The van der Waals surface area contributed by atoms with Gasteiger partial charge in [-0.2, -0.15) is 5.10 Å². The minimum absolute atomic E-state index is 0.0136. The van der Waals surface area contributed by atoms with E-state index in [1.54, 1.807) is 31.6 Å². The van der Waals surface area contributed by atoms with Crippen LogP contribution in [0.2, 0.25) is 0 Å². The Bertz CT molecular complexity index is 850. The molecule has 0 saturated carbocycles. The van der Waals surface area contributed by atoms with Crippen LogP contribution in [0.3, 0.4) is 0 Å². The average Bonchev–Trinajstić information content (AvgIpc) is 3.24. The first-order valence-electron chi connectivity index (χ1n) is 9.99. The molecular formula is C21H27FN4O3. The Morgan fingerprint density at radius 2 is 2.21 bits per heavy atom. The van der Waals surface area contributed by atoms with Gasteiger partial charge in [0.2, 0.25) is 0 Å². The number of hydrogen-bond acceptors (Lipinski definition) is 5. The molecule has 156 valence electrons. The fourth-order valence-corrected chi connectivity index (χ4v) is 4.72. The van der Waals surface area contributed by atoms with Gasteiger partial charge in [-0.3, -0.25) is 14.8 Å². The summed E-state index contributed by atoms with van der Waals surface area (Å²) in [5, 5.41) is 17.0. The fraction of sp³-hybridized carbons (Fsp3) is 0.524. The molecular weight excluding hydrogens is 375 g/mol. The molecule has 8 heteroatoms. The molecule has 29 heavy (non-hydrogen) atoms. The van der Waals surface area contributed by atoms with E-state index in [1.165, 1.54) is 6.07 Å². The molecule has 0 bridgehead atoms. The van der Waals surface area contributed by atoms with Crippen molar-refractivity contribution in [2.75, 3.05) is 33.3 Å². The number of ether oxygens (including phenoxy) is 1. The number of β-amino-alcohol motifs (C(OH)–C–C–N with tert-alkyl or cyclic N) is 1. The molecule has 1 unspecified atom stereocenters. The maximum absolute atomic E-state index is 14.3. The number of likely N-dealkylation sites (tertiary alicyclic amines) is 2. The molecule has 1 amide bonds. The Hall–Kier alpha value is -2.45. The summed E-state index contributed by atoms with van der Waals surface area (Å²) in [6.07, 6.45) is 5.07. The highest BCUT2D eigenvalue weighted by Crippen LogP contribution is 2.40. The highest BCUT2D eigenvalue weighted by atomic mass is 19.1. The van der Waals surface area contributed by atoms with Gasteiger partial charge in [0, 0.05) is 44.5 Å². The summed E-state index contributed by atoms with van der Waals surface area (Å²) in [7, 11) is 1.56. The normalized spacial score (nSPS) is 22.0. The molecule has 2 aromatic rings. The van der Waals surface area contributed by atoms with Crippen LogP contribution < -0.4 is 4.74 Å². The van der Waals surface area contributed by atoms with Crippen molar-refractivity contribution in [3.8, 4) is 5.75 Å². The number of aliphatic hydroxyl groups excluding tert-OH is 1. The summed E-state index contributed by atoms with van der Waals surface area (Å²) in [5.41, 5.74) is 1.08. The quantitative estimate of drug-likeness (QED) is 0.818. The first-order chi connectivity index (χ1) is 14.0. The zero-order valence-electron chi connectivity index (χ0n) is 16.6. The number of aromatic nitrogens is 2. The number of benzene rings is 1. The van der Waals surface area contributed by atoms with Gasteiger partial charge < -0.3 is 14.7 Å². The van der Waals surface area contributed by atoms with Crippen molar-refractivity contribution < 1.29 is 19.0 Å². The van der Waals surface area contributed by atoms with E-state index in [-0.39, 0.29) is 17.1 Å². The van der Waals surface area contributed by atoms with Gasteiger partial charge in [-0.15, -0.1) is 0 Å². The van der Waals surface area contributed by atoms with Crippen LogP contribution in [-0.2, 0) is 6.54 Å². The van der Waals surface area contributed by atoms with E-state index < -0.39 is 6.10 Å². The van der Waals surface area contributed by atoms with Crippen LogP contribution in [0.15, 0.2) is 30.6 Å². The number of H-pyrrole nitrogens is 1. The number of methoxy groups -OCH3 is 1. The Morgan fingerprint density at radius 1 is 1.41 bits per heavy atom. The lowest BCUT2D eigenvalue weighted by Gasteiger charge is -2.49. The van der Waals surface area contributed by atoms with Gasteiger partial charge in [0.25, 0.3) is 5.91 Å². The second kappa shape index (κ2) is 8.12. The standard InChI is InChI=1S/C21H27FN4O3/c1-29-18-2-3-19(22)15(8-18)12-25-13-17(27)9-21(14-25)4-6-26(7-5-21)20(28)16-10-23-24-11-16/h2-3,8,10-11,17,27H,4-7,9,12-14H2,1H3,(H,23,24). The number of piperidine rings is 2. The van der Waals surface area contributed by atoms with Gasteiger partial charge in [-0.1, -0.05) is 0 Å². The third-order valence-electron chi connectivity index (χ3n) is 6.20. The number of aromatic amines is 1. The topological polar surface area (TPSA) is 81.7 Å². The monoisotopic (exact) mass is 402 g/mol. The molecule has 1 aromatic heterocycles. The summed E-state index contributed by atoms with van der Waals surface area (Å²) in [5.74, 6) is 0.348. The van der Waals surface area contributed by atoms with Crippen LogP contribution in [0.25, 0.3) is 0 Å². The number of nitrogens with zero attached hydrogens (tertiary/aromatic N) is 3. The number of aliphatic hydroxyl groups is 1.